The SMILES string of the molecule is CN=C(NCCN1CCOCC1)NCc1ccc(Oc2ccccc2)cc1.I. The third-order valence-electron chi connectivity index (χ3n) is 4.41. The van der Waals surface area contributed by atoms with Crippen LogP contribution in [0.3, 0.4) is 0 Å². The number of hydrogen-bond donors (Lipinski definition) is 2. The van der Waals surface area contributed by atoms with E-state index >= 15 is 0 Å². The smallest absolute Gasteiger partial charge is 0.191 e. The van der Waals surface area contributed by atoms with Crippen LogP contribution in [0.1, 0.15) is 5.56 Å². The largest absolute Gasteiger partial charge is 0.457 e. The van der Waals surface area contributed by atoms with Crippen molar-refractivity contribution in [2.24, 2.45) is 4.99 Å². The van der Waals surface area contributed by atoms with E-state index in [0.717, 1.165) is 56.9 Å². The zero-order valence-corrected chi connectivity index (χ0v) is 18.6. The minimum atomic E-state index is 0. The van der Waals surface area contributed by atoms with Crippen molar-refractivity contribution in [3.8, 4) is 11.5 Å². The van der Waals surface area contributed by atoms with Crippen molar-refractivity contribution < 1.29 is 9.47 Å². The lowest BCUT2D eigenvalue weighted by molar-refractivity contribution is 0.0389. The van der Waals surface area contributed by atoms with E-state index in [2.05, 4.69) is 32.7 Å². The van der Waals surface area contributed by atoms with Gasteiger partial charge in [0.25, 0.3) is 0 Å². The number of benzene rings is 2. The Morgan fingerprint density at radius 3 is 2.36 bits per heavy atom. The molecule has 0 saturated carbocycles. The number of morpholine rings is 1. The fourth-order valence-electron chi connectivity index (χ4n) is 2.86. The number of halogens is 1. The summed E-state index contributed by atoms with van der Waals surface area (Å²) in [6, 6.07) is 17.9. The van der Waals surface area contributed by atoms with Crippen molar-refractivity contribution >= 4 is 29.9 Å². The van der Waals surface area contributed by atoms with Crippen molar-refractivity contribution in [1.29, 1.82) is 0 Å². The van der Waals surface area contributed by atoms with Crippen molar-refractivity contribution in [2.45, 2.75) is 6.54 Å². The van der Waals surface area contributed by atoms with Crippen LogP contribution in [0.4, 0.5) is 0 Å². The molecule has 2 aromatic rings. The molecule has 0 radical (unpaired) electrons. The Hall–Kier alpha value is -1.84. The van der Waals surface area contributed by atoms with Gasteiger partial charge >= 0.3 is 0 Å². The second-order valence-corrected chi connectivity index (χ2v) is 6.37. The van der Waals surface area contributed by atoms with Gasteiger partial charge in [-0.2, -0.15) is 0 Å². The standard InChI is InChI=1S/C21H28N4O2.HI/c1-22-21(23-11-12-25-13-15-26-16-14-25)24-17-18-7-9-20(10-8-18)27-19-5-3-2-4-6-19;/h2-10H,11-17H2,1H3,(H2,22,23,24);1H. The number of aliphatic imine (C=N–C) groups is 1. The Morgan fingerprint density at radius 2 is 1.68 bits per heavy atom. The van der Waals surface area contributed by atoms with Crippen LogP contribution in [-0.4, -0.2) is 57.3 Å². The van der Waals surface area contributed by atoms with Crippen LogP contribution in [0.2, 0.25) is 0 Å². The molecule has 152 valence electrons. The second kappa shape index (κ2) is 12.6. The monoisotopic (exact) mass is 496 g/mol. The van der Waals surface area contributed by atoms with Crippen LogP contribution < -0.4 is 15.4 Å². The third kappa shape index (κ3) is 7.65. The lowest BCUT2D eigenvalue weighted by Gasteiger charge is -2.26. The molecule has 0 spiro atoms. The van der Waals surface area contributed by atoms with E-state index in [0.29, 0.717) is 6.54 Å². The highest BCUT2D eigenvalue weighted by Crippen LogP contribution is 2.20. The number of hydrogen-bond acceptors (Lipinski definition) is 4. The molecule has 0 aromatic heterocycles. The normalized spacial score (nSPS) is 14.8. The summed E-state index contributed by atoms with van der Waals surface area (Å²) in [6.45, 7) is 6.24. The quantitative estimate of drug-likeness (QED) is 0.351. The summed E-state index contributed by atoms with van der Waals surface area (Å²) in [5.41, 5.74) is 1.17. The predicted octanol–water partition coefficient (Wildman–Crippen LogP) is 3.09. The van der Waals surface area contributed by atoms with Gasteiger partial charge < -0.3 is 20.1 Å². The Kier molecular flexibility index (Phi) is 10.1. The summed E-state index contributed by atoms with van der Waals surface area (Å²) >= 11 is 0. The highest BCUT2D eigenvalue weighted by Gasteiger charge is 2.09. The highest BCUT2D eigenvalue weighted by molar-refractivity contribution is 14.0. The van der Waals surface area contributed by atoms with E-state index in [-0.39, 0.29) is 24.0 Å². The van der Waals surface area contributed by atoms with Gasteiger partial charge in [-0.1, -0.05) is 30.3 Å². The van der Waals surface area contributed by atoms with Crippen LogP contribution in [0.25, 0.3) is 0 Å². The molecule has 2 N–H and O–H groups in total. The molecule has 3 rings (SSSR count). The van der Waals surface area contributed by atoms with Gasteiger partial charge in [0, 0.05) is 39.8 Å². The molecule has 2 aromatic carbocycles. The highest BCUT2D eigenvalue weighted by atomic mass is 127. The lowest BCUT2D eigenvalue weighted by atomic mass is 10.2. The maximum atomic E-state index is 5.82. The van der Waals surface area contributed by atoms with Crippen LogP contribution in [0, 0.1) is 0 Å². The zero-order valence-electron chi connectivity index (χ0n) is 16.3. The first-order valence-corrected chi connectivity index (χ1v) is 9.40. The van der Waals surface area contributed by atoms with Crippen LogP contribution in [0.5, 0.6) is 11.5 Å². The van der Waals surface area contributed by atoms with Gasteiger partial charge in [0.1, 0.15) is 11.5 Å². The van der Waals surface area contributed by atoms with Gasteiger partial charge in [0.15, 0.2) is 5.96 Å². The molecule has 1 fully saturated rings. The molecule has 1 saturated heterocycles. The molecule has 0 bridgehead atoms. The fraction of sp³-hybridized carbons (Fsp3) is 0.381. The van der Waals surface area contributed by atoms with Gasteiger partial charge in [0.05, 0.1) is 13.2 Å². The van der Waals surface area contributed by atoms with Gasteiger partial charge in [-0.25, -0.2) is 0 Å². The minimum absolute atomic E-state index is 0. The molecule has 1 aliphatic rings. The molecular formula is C21H29IN4O2. The van der Waals surface area contributed by atoms with E-state index in [4.69, 9.17) is 9.47 Å². The molecule has 0 atom stereocenters. The van der Waals surface area contributed by atoms with Crippen LogP contribution in [-0.2, 0) is 11.3 Å². The molecule has 1 heterocycles. The number of guanidine groups is 1. The molecule has 6 nitrogen and oxygen atoms in total. The maximum absolute atomic E-state index is 5.82. The summed E-state index contributed by atoms with van der Waals surface area (Å²) < 4.78 is 11.2. The van der Waals surface area contributed by atoms with Crippen molar-refractivity contribution in [3.05, 3.63) is 60.2 Å². The Bertz CT molecular complexity index is 704. The van der Waals surface area contributed by atoms with E-state index < -0.39 is 0 Å². The molecule has 0 amide bonds. The number of para-hydroxylation sites is 1. The first-order chi connectivity index (χ1) is 13.3. The molecular weight excluding hydrogens is 467 g/mol. The summed E-state index contributed by atoms with van der Waals surface area (Å²) in [5, 5.41) is 6.71. The first kappa shape index (κ1) is 22.4. The summed E-state index contributed by atoms with van der Waals surface area (Å²) in [4.78, 5) is 6.68. The van der Waals surface area contributed by atoms with Gasteiger partial charge in [0.2, 0.25) is 0 Å². The average Bonchev–Trinajstić information content (AvgIpc) is 2.73. The number of nitrogens with zero attached hydrogens (tertiary/aromatic N) is 2. The third-order valence-corrected chi connectivity index (χ3v) is 4.41. The average molecular weight is 496 g/mol. The van der Waals surface area contributed by atoms with Gasteiger partial charge in [-0.05, 0) is 29.8 Å². The Balaban J connectivity index is 0.00000280. The molecule has 0 aliphatic carbocycles. The summed E-state index contributed by atoms with van der Waals surface area (Å²) in [5.74, 6) is 2.49. The lowest BCUT2D eigenvalue weighted by Crippen LogP contribution is -2.44. The summed E-state index contributed by atoms with van der Waals surface area (Å²) in [7, 11) is 1.79. The van der Waals surface area contributed by atoms with Crippen molar-refractivity contribution in [3.63, 3.8) is 0 Å². The number of rotatable bonds is 7. The van der Waals surface area contributed by atoms with Crippen LogP contribution >= 0.6 is 24.0 Å². The van der Waals surface area contributed by atoms with Gasteiger partial charge in [-0.15, -0.1) is 24.0 Å². The van der Waals surface area contributed by atoms with Gasteiger partial charge in [-0.3, -0.25) is 9.89 Å². The number of nitrogens with one attached hydrogen (secondary N) is 2. The van der Waals surface area contributed by atoms with Crippen molar-refractivity contribution in [2.75, 3.05) is 46.4 Å². The van der Waals surface area contributed by atoms with E-state index in [1.807, 2.05) is 42.5 Å². The maximum Gasteiger partial charge on any atom is 0.191 e. The predicted molar refractivity (Wildman–Crippen MR) is 124 cm³/mol. The molecule has 1 aliphatic heterocycles. The number of ether oxygens (including phenoxy) is 2. The minimum Gasteiger partial charge on any atom is -0.457 e. The zero-order chi connectivity index (χ0) is 18.7. The fourth-order valence-corrected chi connectivity index (χ4v) is 2.86. The first-order valence-electron chi connectivity index (χ1n) is 9.40. The van der Waals surface area contributed by atoms with Crippen molar-refractivity contribution in [1.82, 2.24) is 15.5 Å². The second-order valence-electron chi connectivity index (χ2n) is 6.37. The van der Waals surface area contributed by atoms with E-state index in [1.54, 1.807) is 7.05 Å². The van der Waals surface area contributed by atoms with E-state index in [1.165, 1.54) is 5.56 Å². The van der Waals surface area contributed by atoms with E-state index in [9.17, 15) is 0 Å². The summed E-state index contributed by atoms with van der Waals surface area (Å²) in [6.07, 6.45) is 0. The Labute approximate surface area is 184 Å². The molecule has 0 unspecified atom stereocenters. The topological polar surface area (TPSA) is 58.1 Å². The molecule has 28 heavy (non-hydrogen) atoms. The van der Waals surface area contributed by atoms with Crippen LogP contribution in [0.15, 0.2) is 59.6 Å². The Morgan fingerprint density at radius 1 is 1.00 bits per heavy atom. The molecule has 7 heteroatoms.